The summed E-state index contributed by atoms with van der Waals surface area (Å²) in [4.78, 5) is 12.0. The lowest BCUT2D eigenvalue weighted by Crippen LogP contribution is -2.37. The van der Waals surface area contributed by atoms with E-state index in [9.17, 15) is 13.2 Å². The number of benzene rings is 1. The minimum atomic E-state index is -3.09. The highest BCUT2D eigenvalue weighted by molar-refractivity contribution is 7.90. The second-order valence-electron chi connectivity index (χ2n) is 5.02. The van der Waals surface area contributed by atoms with Gasteiger partial charge in [0.05, 0.1) is 5.75 Å². The molecule has 1 aromatic carbocycles. The Morgan fingerprint density at radius 2 is 2.21 bits per heavy atom. The maximum atomic E-state index is 12.0. The van der Waals surface area contributed by atoms with E-state index >= 15 is 0 Å². The predicted octanol–water partition coefficient (Wildman–Crippen LogP) is 0.817. The van der Waals surface area contributed by atoms with Crippen molar-refractivity contribution in [3.63, 3.8) is 0 Å². The van der Waals surface area contributed by atoms with Gasteiger partial charge in [-0.05, 0) is 31.0 Å². The van der Waals surface area contributed by atoms with Gasteiger partial charge in [0.25, 0.3) is 5.91 Å². The van der Waals surface area contributed by atoms with Crippen molar-refractivity contribution < 1.29 is 13.2 Å². The fraction of sp³-hybridized carbons (Fsp3) is 0.462. The van der Waals surface area contributed by atoms with Crippen molar-refractivity contribution in [1.82, 2.24) is 5.32 Å². The normalized spacial score (nSPS) is 15.5. The van der Waals surface area contributed by atoms with Crippen LogP contribution in [-0.2, 0) is 16.3 Å². The molecule has 5 nitrogen and oxygen atoms in total. The van der Waals surface area contributed by atoms with Crippen LogP contribution in [0.5, 0.6) is 0 Å². The van der Waals surface area contributed by atoms with Crippen LogP contribution < -0.4 is 10.6 Å². The van der Waals surface area contributed by atoms with Gasteiger partial charge in [0.1, 0.15) is 9.84 Å². The molecule has 1 unspecified atom stereocenters. The van der Waals surface area contributed by atoms with Crippen molar-refractivity contribution in [3.05, 3.63) is 29.3 Å². The summed E-state index contributed by atoms with van der Waals surface area (Å²) in [5.74, 6) is -0.297. The number of anilines is 1. The zero-order chi connectivity index (χ0) is 14.0. The molecule has 1 aliphatic heterocycles. The largest absolute Gasteiger partial charge is 0.384 e. The minimum absolute atomic E-state index is 0.0536. The SMILES string of the molecule is CC(CS(C)(=O)=O)NC(=O)c1ccc2c(c1)NCC2. The van der Waals surface area contributed by atoms with Gasteiger partial charge >= 0.3 is 0 Å². The van der Waals surface area contributed by atoms with E-state index in [-0.39, 0.29) is 11.7 Å². The Kier molecular flexibility index (Phi) is 3.80. The predicted molar refractivity (Wildman–Crippen MR) is 75.3 cm³/mol. The third-order valence-electron chi connectivity index (χ3n) is 3.01. The van der Waals surface area contributed by atoms with Crippen molar-refractivity contribution >= 4 is 21.4 Å². The van der Waals surface area contributed by atoms with Crippen LogP contribution in [0.1, 0.15) is 22.8 Å². The third kappa shape index (κ3) is 3.70. The average Bonchev–Trinajstić information content (AvgIpc) is 2.72. The van der Waals surface area contributed by atoms with E-state index in [1.54, 1.807) is 13.0 Å². The van der Waals surface area contributed by atoms with Crippen LogP contribution in [0.4, 0.5) is 5.69 Å². The number of hydrogen-bond donors (Lipinski definition) is 2. The summed E-state index contributed by atoms with van der Waals surface area (Å²) in [6.07, 6.45) is 2.14. The second-order valence-corrected chi connectivity index (χ2v) is 7.20. The molecule has 2 rings (SSSR count). The topological polar surface area (TPSA) is 75.3 Å². The molecule has 104 valence electrons. The van der Waals surface area contributed by atoms with Crippen LogP contribution in [0.3, 0.4) is 0 Å². The van der Waals surface area contributed by atoms with Gasteiger partial charge < -0.3 is 10.6 Å². The van der Waals surface area contributed by atoms with E-state index in [4.69, 9.17) is 0 Å². The van der Waals surface area contributed by atoms with Crippen molar-refractivity contribution in [3.8, 4) is 0 Å². The van der Waals surface area contributed by atoms with Gasteiger partial charge in [-0.15, -0.1) is 0 Å². The number of fused-ring (bicyclic) bond motifs is 1. The van der Waals surface area contributed by atoms with Gasteiger partial charge in [0.2, 0.25) is 0 Å². The molecule has 0 aromatic heterocycles. The van der Waals surface area contributed by atoms with E-state index in [0.29, 0.717) is 5.56 Å². The van der Waals surface area contributed by atoms with Crippen molar-refractivity contribution in [2.75, 3.05) is 23.9 Å². The van der Waals surface area contributed by atoms with Crippen LogP contribution in [0.15, 0.2) is 18.2 Å². The van der Waals surface area contributed by atoms with Crippen LogP contribution in [0.2, 0.25) is 0 Å². The lowest BCUT2D eigenvalue weighted by molar-refractivity contribution is 0.0943. The molecule has 2 N–H and O–H groups in total. The first-order chi connectivity index (χ1) is 8.85. The Hall–Kier alpha value is -1.56. The van der Waals surface area contributed by atoms with Gasteiger partial charge in [0.15, 0.2) is 0 Å². The van der Waals surface area contributed by atoms with Gasteiger partial charge in [-0.2, -0.15) is 0 Å². The van der Waals surface area contributed by atoms with Crippen molar-refractivity contribution in [2.45, 2.75) is 19.4 Å². The first-order valence-corrected chi connectivity index (χ1v) is 8.26. The van der Waals surface area contributed by atoms with Gasteiger partial charge in [0, 0.05) is 30.1 Å². The van der Waals surface area contributed by atoms with E-state index in [1.807, 2.05) is 12.1 Å². The lowest BCUT2D eigenvalue weighted by Gasteiger charge is -2.13. The highest BCUT2D eigenvalue weighted by atomic mass is 32.2. The maximum Gasteiger partial charge on any atom is 0.251 e. The number of nitrogens with one attached hydrogen (secondary N) is 2. The first-order valence-electron chi connectivity index (χ1n) is 6.20. The average molecular weight is 282 g/mol. The summed E-state index contributed by atoms with van der Waals surface area (Å²) in [6, 6.07) is 5.12. The Morgan fingerprint density at radius 1 is 1.47 bits per heavy atom. The molecule has 1 atom stereocenters. The Bertz CT molecular complexity index is 596. The number of carbonyl (C=O) groups is 1. The first kappa shape index (κ1) is 13.9. The van der Waals surface area contributed by atoms with Gasteiger partial charge in [-0.25, -0.2) is 8.42 Å². The zero-order valence-corrected chi connectivity index (χ0v) is 11.9. The Labute approximate surface area is 113 Å². The summed E-state index contributed by atoms with van der Waals surface area (Å²) in [5.41, 5.74) is 2.75. The second kappa shape index (κ2) is 5.21. The molecular formula is C13H18N2O3S. The van der Waals surface area contributed by atoms with Crippen LogP contribution in [-0.4, -0.2) is 38.9 Å². The molecule has 0 aliphatic carbocycles. The maximum absolute atomic E-state index is 12.0. The molecule has 0 bridgehead atoms. The molecule has 1 aliphatic rings. The third-order valence-corrected chi connectivity index (χ3v) is 4.12. The Balaban J connectivity index is 2.04. The highest BCUT2D eigenvalue weighted by Crippen LogP contribution is 2.23. The smallest absolute Gasteiger partial charge is 0.251 e. The summed E-state index contributed by atoms with van der Waals surface area (Å²) >= 11 is 0. The molecule has 0 radical (unpaired) electrons. The fourth-order valence-corrected chi connectivity index (χ4v) is 3.23. The van der Waals surface area contributed by atoms with Gasteiger partial charge in [-0.3, -0.25) is 4.79 Å². The van der Waals surface area contributed by atoms with Crippen molar-refractivity contribution in [2.24, 2.45) is 0 Å². The van der Waals surface area contributed by atoms with E-state index in [2.05, 4.69) is 10.6 Å². The minimum Gasteiger partial charge on any atom is -0.384 e. The molecular weight excluding hydrogens is 264 g/mol. The molecule has 1 aromatic rings. The van der Waals surface area contributed by atoms with E-state index < -0.39 is 15.9 Å². The standard InChI is InChI=1S/C13H18N2O3S/c1-9(8-19(2,17)18)15-13(16)11-4-3-10-5-6-14-12(10)7-11/h3-4,7,9,14H,5-6,8H2,1-2H3,(H,15,16). The van der Waals surface area contributed by atoms with E-state index in [0.717, 1.165) is 24.9 Å². The number of hydrogen-bond acceptors (Lipinski definition) is 4. The summed E-state index contributed by atoms with van der Waals surface area (Å²) < 4.78 is 22.3. The summed E-state index contributed by atoms with van der Waals surface area (Å²) in [6.45, 7) is 2.58. The highest BCUT2D eigenvalue weighted by Gasteiger charge is 2.16. The van der Waals surface area contributed by atoms with Gasteiger partial charge in [-0.1, -0.05) is 6.07 Å². The summed E-state index contributed by atoms with van der Waals surface area (Å²) in [5, 5.41) is 5.91. The van der Waals surface area contributed by atoms with Crippen LogP contribution >= 0.6 is 0 Å². The molecule has 1 heterocycles. The summed E-state index contributed by atoms with van der Waals surface area (Å²) in [7, 11) is -3.09. The molecule has 19 heavy (non-hydrogen) atoms. The lowest BCUT2D eigenvalue weighted by atomic mass is 10.1. The number of amides is 1. The molecule has 0 fully saturated rings. The number of sulfone groups is 1. The molecule has 0 saturated carbocycles. The monoisotopic (exact) mass is 282 g/mol. The number of carbonyl (C=O) groups excluding carboxylic acids is 1. The Morgan fingerprint density at radius 3 is 2.89 bits per heavy atom. The zero-order valence-electron chi connectivity index (χ0n) is 11.1. The molecule has 6 heteroatoms. The van der Waals surface area contributed by atoms with Crippen molar-refractivity contribution in [1.29, 1.82) is 0 Å². The molecule has 1 amide bonds. The van der Waals surface area contributed by atoms with E-state index in [1.165, 1.54) is 5.56 Å². The molecule has 0 saturated heterocycles. The quantitative estimate of drug-likeness (QED) is 0.857. The number of rotatable bonds is 4. The van der Waals surface area contributed by atoms with Crippen LogP contribution in [0.25, 0.3) is 0 Å². The van der Waals surface area contributed by atoms with Crippen LogP contribution in [0, 0.1) is 0 Å². The fourth-order valence-electron chi connectivity index (χ4n) is 2.24. The molecule has 0 spiro atoms.